The first-order valence-corrected chi connectivity index (χ1v) is 5.88. The van der Waals surface area contributed by atoms with E-state index in [2.05, 4.69) is 0 Å². The van der Waals surface area contributed by atoms with E-state index >= 15 is 0 Å². The van der Waals surface area contributed by atoms with Gasteiger partial charge in [0.1, 0.15) is 5.03 Å². The SMILES string of the molecule is Cc1ccc(C2OC(=O)C(Cl)=C2I)cc1. The van der Waals surface area contributed by atoms with Crippen molar-refractivity contribution in [3.63, 3.8) is 0 Å². The zero-order valence-corrected chi connectivity index (χ0v) is 10.9. The normalized spacial score (nSPS) is 20.7. The predicted octanol–water partition coefficient (Wildman–Crippen LogP) is 3.48. The van der Waals surface area contributed by atoms with Gasteiger partial charge in [-0.3, -0.25) is 0 Å². The van der Waals surface area contributed by atoms with Crippen LogP contribution in [0.25, 0.3) is 0 Å². The highest BCUT2D eigenvalue weighted by Crippen LogP contribution is 2.40. The highest BCUT2D eigenvalue weighted by Gasteiger charge is 2.32. The summed E-state index contributed by atoms with van der Waals surface area (Å²) < 4.78 is 5.91. The molecule has 0 radical (unpaired) electrons. The molecular formula is C11H8ClIO2. The van der Waals surface area contributed by atoms with E-state index in [0.29, 0.717) is 0 Å². The number of carbonyl (C=O) groups excluding carboxylic acids is 1. The molecule has 1 aliphatic rings. The molecule has 0 fully saturated rings. The topological polar surface area (TPSA) is 26.3 Å². The zero-order valence-electron chi connectivity index (χ0n) is 7.96. The first-order chi connectivity index (χ1) is 7.09. The van der Waals surface area contributed by atoms with Gasteiger partial charge in [-0.2, -0.15) is 0 Å². The molecule has 1 aromatic carbocycles. The van der Waals surface area contributed by atoms with Crippen molar-refractivity contribution in [3.8, 4) is 0 Å². The minimum absolute atomic E-state index is 0.196. The van der Waals surface area contributed by atoms with Gasteiger partial charge in [0.15, 0.2) is 6.10 Å². The molecular weight excluding hydrogens is 326 g/mol. The fraction of sp³-hybridized carbons (Fsp3) is 0.182. The minimum Gasteiger partial charge on any atom is -0.448 e. The molecule has 0 N–H and O–H groups in total. The third-order valence-corrected chi connectivity index (χ3v) is 4.01. The lowest BCUT2D eigenvalue weighted by atomic mass is 10.1. The van der Waals surface area contributed by atoms with Gasteiger partial charge in [0, 0.05) is 0 Å². The van der Waals surface area contributed by atoms with Crippen molar-refractivity contribution in [1.82, 2.24) is 0 Å². The van der Waals surface area contributed by atoms with E-state index in [0.717, 1.165) is 9.14 Å². The molecule has 15 heavy (non-hydrogen) atoms. The number of halogens is 2. The van der Waals surface area contributed by atoms with Gasteiger partial charge in [0.05, 0.1) is 3.58 Å². The Hall–Kier alpha value is -0.550. The summed E-state index contributed by atoms with van der Waals surface area (Å²) in [5.74, 6) is -0.438. The molecule has 1 unspecified atom stereocenters. The molecule has 0 bridgehead atoms. The van der Waals surface area contributed by atoms with Crippen LogP contribution in [0.2, 0.25) is 0 Å². The quantitative estimate of drug-likeness (QED) is 0.580. The van der Waals surface area contributed by atoms with Gasteiger partial charge in [-0.1, -0.05) is 41.4 Å². The van der Waals surface area contributed by atoms with E-state index in [4.69, 9.17) is 16.3 Å². The number of ether oxygens (including phenoxy) is 1. The van der Waals surface area contributed by atoms with Crippen LogP contribution in [0.3, 0.4) is 0 Å². The van der Waals surface area contributed by atoms with Gasteiger partial charge in [-0.25, -0.2) is 4.79 Å². The molecule has 1 aliphatic heterocycles. The first-order valence-electron chi connectivity index (χ1n) is 4.42. The minimum atomic E-state index is -0.438. The van der Waals surface area contributed by atoms with Crippen LogP contribution >= 0.6 is 34.2 Å². The summed E-state index contributed by atoms with van der Waals surface area (Å²) in [5.41, 5.74) is 2.13. The van der Waals surface area contributed by atoms with E-state index in [1.807, 2.05) is 53.8 Å². The molecule has 0 aromatic heterocycles. The van der Waals surface area contributed by atoms with Gasteiger partial charge in [0.25, 0.3) is 0 Å². The summed E-state index contributed by atoms with van der Waals surface area (Å²) in [6, 6.07) is 7.86. The first kappa shape index (κ1) is 11.0. The van der Waals surface area contributed by atoms with E-state index in [1.54, 1.807) is 0 Å². The van der Waals surface area contributed by atoms with Crippen LogP contribution in [0.5, 0.6) is 0 Å². The van der Waals surface area contributed by atoms with Crippen molar-refractivity contribution < 1.29 is 9.53 Å². The molecule has 0 amide bonds. The number of rotatable bonds is 1. The smallest absolute Gasteiger partial charge is 0.351 e. The number of aryl methyl sites for hydroxylation is 1. The summed E-state index contributed by atoms with van der Waals surface area (Å²) in [4.78, 5) is 11.2. The fourth-order valence-electron chi connectivity index (χ4n) is 1.38. The molecule has 0 saturated carbocycles. The lowest BCUT2D eigenvalue weighted by molar-refractivity contribution is -0.139. The van der Waals surface area contributed by atoms with Gasteiger partial charge < -0.3 is 4.74 Å². The molecule has 4 heteroatoms. The average molecular weight is 335 g/mol. The number of esters is 1. The number of hydrogen-bond donors (Lipinski definition) is 0. The maximum absolute atomic E-state index is 11.2. The third-order valence-electron chi connectivity index (χ3n) is 2.22. The molecule has 2 nitrogen and oxygen atoms in total. The summed E-state index contributed by atoms with van der Waals surface area (Å²) in [6.07, 6.45) is -0.328. The number of carbonyl (C=O) groups is 1. The standard InChI is InChI=1S/C11H8ClIO2/c1-6-2-4-7(5-3-6)10-9(13)8(12)11(14)15-10/h2-5,10H,1H3. The second-order valence-electron chi connectivity index (χ2n) is 3.36. The number of hydrogen-bond acceptors (Lipinski definition) is 2. The predicted molar refractivity (Wildman–Crippen MR) is 66.9 cm³/mol. The van der Waals surface area contributed by atoms with Crippen LogP contribution in [0.1, 0.15) is 17.2 Å². The molecule has 0 spiro atoms. The summed E-state index contributed by atoms with van der Waals surface area (Å²) in [5, 5.41) is 0.196. The maximum atomic E-state index is 11.2. The Morgan fingerprint density at radius 2 is 1.93 bits per heavy atom. The molecule has 0 aliphatic carbocycles. The number of benzene rings is 1. The monoisotopic (exact) mass is 334 g/mol. The van der Waals surface area contributed by atoms with Crippen LogP contribution in [-0.2, 0) is 9.53 Å². The van der Waals surface area contributed by atoms with E-state index in [9.17, 15) is 4.79 Å². The van der Waals surface area contributed by atoms with Gasteiger partial charge >= 0.3 is 5.97 Å². The lowest BCUT2D eigenvalue weighted by Crippen LogP contribution is -2.01. The average Bonchev–Trinajstić information content (AvgIpc) is 2.47. The Morgan fingerprint density at radius 1 is 1.33 bits per heavy atom. The Bertz CT molecular complexity index is 436. The fourth-order valence-corrected chi connectivity index (χ4v) is 2.23. The Labute approximate surface area is 106 Å². The van der Waals surface area contributed by atoms with E-state index < -0.39 is 5.97 Å². The van der Waals surface area contributed by atoms with Crippen molar-refractivity contribution in [3.05, 3.63) is 44.0 Å². The summed E-state index contributed by atoms with van der Waals surface area (Å²) in [6.45, 7) is 2.01. The summed E-state index contributed by atoms with van der Waals surface area (Å²) >= 11 is 7.84. The molecule has 2 rings (SSSR count). The van der Waals surface area contributed by atoms with Gasteiger partial charge in [-0.05, 0) is 35.1 Å². The highest BCUT2D eigenvalue weighted by atomic mass is 127. The van der Waals surface area contributed by atoms with Crippen LogP contribution in [-0.4, -0.2) is 5.97 Å². The molecule has 1 heterocycles. The Kier molecular flexibility index (Phi) is 3.02. The van der Waals surface area contributed by atoms with Crippen molar-refractivity contribution in [1.29, 1.82) is 0 Å². The second kappa shape index (κ2) is 4.14. The van der Waals surface area contributed by atoms with Crippen LogP contribution in [0.4, 0.5) is 0 Å². The van der Waals surface area contributed by atoms with Crippen LogP contribution < -0.4 is 0 Å². The maximum Gasteiger partial charge on any atom is 0.351 e. The van der Waals surface area contributed by atoms with Crippen LogP contribution in [0, 0.1) is 6.92 Å². The molecule has 78 valence electrons. The zero-order chi connectivity index (χ0) is 11.0. The van der Waals surface area contributed by atoms with Crippen molar-refractivity contribution >= 4 is 40.2 Å². The van der Waals surface area contributed by atoms with E-state index in [-0.39, 0.29) is 11.1 Å². The van der Waals surface area contributed by atoms with Crippen molar-refractivity contribution in [2.45, 2.75) is 13.0 Å². The van der Waals surface area contributed by atoms with Gasteiger partial charge in [-0.15, -0.1) is 0 Å². The largest absolute Gasteiger partial charge is 0.448 e. The number of cyclic esters (lactones) is 1. The molecule has 1 atom stereocenters. The molecule has 0 saturated heterocycles. The third kappa shape index (κ3) is 2.03. The lowest BCUT2D eigenvalue weighted by Gasteiger charge is -2.10. The highest BCUT2D eigenvalue weighted by molar-refractivity contribution is 14.1. The van der Waals surface area contributed by atoms with E-state index in [1.165, 1.54) is 5.56 Å². The molecule has 1 aromatic rings. The summed E-state index contributed by atoms with van der Waals surface area (Å²) in [7, 11) is 0. The van der Waals surface area contributed by atoms with Crippen molar-refractivity contribution in [2.24, 2.45) is 0 Å². The van der Waals surface area contributed by atoms with Gasteiger partial charge in [0.2, 0.25) is 0 Å². The van der Waals surface area contributed by atoms with Crippen molar-refractivity contribution in [2.75, 3.05) is 0 Å². The Balaban J connectivity index is 2.35. The Morgan fingerprint density at radius 3 is 2.40 bits per heavy atom. The van der Waals surface area contributed by atoms with Crippen LogP contribution in [0.15, 0.2) is 32.9 Å². The second-order valence-corrected chi connectivity index (χ2v) is 4.90.